The summed E-state index contributed by atoms with van der Waals surface area (Å²) in [4.78, 5) is 57.1. The molecule has 256 valence electrons. The van der Waals surface area contributed by atoms with Crippen LogP contribution in [0.1, 0.15) is 84.0 Å². The summed E-state index contributed by atoms with van der Waals surface area (Å²) in [6.07, 6.45) is 11.1. The van der Waals surface area contributed by atoms with Gasteiger partial charge in [-0.1, -0.05) is 51.9 Å². The fraction of sp³-hybridized carbons (Fsp3) is 0.833. The summed E-state index contributed by atoms with van der Waals surface area (Å²) < 4.78 is 21.3. The van der Waals surface area contributed by atoms with Crippen molar-refractivity contribution in [2.75, 3.05) is 79.0 Å². The Balaban J connectivity index is 3.37. The first-order chi connectivity index (χ1) is 21.3. The Kier molecular flexibility index (Phi) is 29.6. The third-order valence-corrected chi connectivity index (χ3v) is 6.19. The Morgan fingerprint density at radius 3 is 1.45 bits per heavy atom. The molecular weight excluding hydrogens is 576 g/mol. The third-order valence-electron chi connectivity index (χ3n) is 6.19. The van der Waals surface area contributed by atoms with Crippen LogP contribution in [0, 0.1) is 0 Å². The van der Waals surface area contributed by atoms with Gasteiger partial charge in [0.05, 0.1) is 39.6 Å². The Morgan fingerprint density at radius 2 is 0.909 bits per heavy atom. The molecule has 44 heavy (non-hydrogen) atoms. The molecule has 0 fully saturated rings. The van der Waals surface area contributed by atoms with E-state index in [1.54, 1.807) is 0 Å². The molecule has 0 atom stereocenters. The Labute approximate surface area is 262 Å². The lowest BCUT2D eigenvalue weighted by molar-refractivity contribution is -0.138. The van der Waals surface area contributed by atoms with Crippen molar-refractivity contribution < 1.29 is 48.0 Å². The van der Waals surface area contributed by atoms with E-state index in [4.69, 9.17) is 24.1 Å². The van der Waals surface area contributed by atoms with Gasteiger partial charge in [-0.05, 0) is 19.3 Å². The molecule has 0 aliphatic carbocycles. The second kappa shape index (κ2) is 31.6. The van der Waals surface area contributed by atoms with Crippen molar-refractivity contribution in [2.45, 2.75) is 84.0 Å². The van der Waals surface area contributed by atoms with Crippen molar-refractivity contribution in [2.24, 2.45) is 0 Å². The highest BCUT2D eigenvalue weighted by atomic mass is 16.5. The van der Waals surface area contributed by atoms with Crippen LogP contribution in [-0.2, 0) is 42.9 Å². The number of amides is 4. The van der Waals surface area contributed by atoms with E-state index < -0.39 is 5.97 Å². The largest absolute Gasteiger partial charge is 0.480 e. The highest BCUT2D eigenvalue weighted by Gasteiger charge is 2.05. The van der Waals surface area contributed by atoms with Crippen LogP contribution in [0.4, 0.5) is 0 Å². The number of carbonyl (C=O) groups is 5. The summed E-state index contributed by atoms with van der Waals surface area (Å²) in [7, 11) is 0. The molecule has 0 spiro atoms. The summed E-state index contributed by atoms with van der Waals surface area (Å²) in [5.74, 6) is -1.84. The zero-order valence-corrected chi connectivity index (χ0v) is 26.6. The van der Waals surface area contributed by atoms with E-state index in [1.807, 2.05) is 0 Å². The normalized spacial score (nSPS) is 10.8. The van der Waals surface area contributed by atoms with Crippen LogP contribution in [0.15, 0.2) is 0 Å². The molecule has 0 heterocycles. The topological polar surface area (TPSA) is 191 Å². The van der Waals surface area contributed by atoms with E-state index >= 15 is 0 Å². The van der Waals surface area contributed by atoms with E-state index in [9.17, 15) is 24.0 Å². The van der Waals surface area contributed by atoms with Gasteiger partial charge >= 0.3 is 5.97 Å². The lowest BCUT2D eigenvalue weighted by atomic mass is 10.1. The molecule has 0 aliphatic rings. The van der Waals surface area contributed by atoms with Gasteiger partial charge in [0.25, 0.3) is 0 Å². The number of rotatable bonds is 32. The van der Waals surface area contributed by atoms with Gasteiger partial charge in [-0.15, -0.1) is 0 Å². The monoisotopic (exact) mass is 632 g/mol. The molecule has 5 N–H and O–H groups in total. The van der Waals surface area contributed by atoms with Crippen molar-refractivity contribution in [3.8, 4) is 0 Å². The molecule has 0 rings (SSSR count). The van der Waals surface area contributed by atoms with E-state index in [0.29, 0.717) is 58.7 Å². The summed E-state index contributed by atoms with van der Waals surface area (Å²) in [5.41, 5.74) is 0. The second-order valence-electron chi connectivity index (χ2n) is 10.2. The second-order valence-corrected chi connectivity index (χ2v) is 10.2. The first kappa shape index (κ1) is 41.2. The van der Waals surface area contributed by atoms with Crippen molar-refractivity contribution >= 4 is 29.6 Å². The van der Waals surface area contributed by atoms with Gasteiger partial charge in [-0.2, -0.15) is 0 Å². The Morgan fingerprint density at radius 1 is 0.477 bits per heavy atom. The van der Waals surface area contributed by atoms with Crippen molar-refractivity contribution in [3.63, 3.8) is 0 Å². The number of unbranched alkanes of at least 4 members (excludes halogenated alkanes) is 8. The zero-order valence-electron chi connectivity index (χ0n) is 26.6. The van der Waals surface area contributed by atoms with Crippen molar-refractivity contribution in [1.29, 1.82) is 0 Å². The number of carbonyl (C=O) groups excluding carboxylic acids is 4. The molecule has 0 saturated heterocycles. The maximum Gasteiger partial charge on any atom is 0.322 e. The smallest absolute Gasteiger partial charge is 0.322 e. The maximum absolute atomic E-state index is 11.8. The molecule has 0 bridgehead atoms. The van der Waals surface area contributed by atoms with Gasteiger partial charge in [0.15, 0.2) is 0 Å². The van der Waals surface area contributed by atoms with Gasteiger partial charge in [-0.25, -0.2) is 0 Å². The number of aliphatic carboxylic acids is 1. The van der Waals surface area contributed by atoms with Crippen LogP contribution < -0.4 is 21.3 Å². The van der Waals surface area contributed by atoms with Crippen LogP contribution in [0.2, 0.25) is 0 Å². The predicted molar refractivity (Wildman–Crippen MR) is 164 cm³/mol. The van der Waals surface area contributed by atoms with Gasteiger partial charge in [0.2, 0.25) is 23.6 Å². The van der Waals surface area contributed by atoms with Gasteiger partial charge in [-0.3, -0.25) is 24.0 Å². The minimum atomic E-state index is -1.08. The predicted octanol–water partition coefficient (Wildman–Crippen LogP) is 1.30. The number of carboxylic acid groups (broad SMARTS) is 1. The minimum absolute atomic E-state index is 0.0533. The maximum atomic E-state index is 11.8. The van der Waals surface area contributed by atoms with Crippen LogP contribution in [0.3, 0.4) is 0 Å². The molecule has 0 unspecified atom stereocenters. The average molecular weight is 633 g/mol. The quantitative estimate of drug-likeness (QED) is 0.0676. The highest BCUT2D eigenvalue weighted by Crippen LogP contribution is 2.08. The number of hydrogen-bond donors (Lipinski definition) is 5. The van der Waals surface area contributed by atoms with E-state index in [1.165, 1.54) is 32.1 Å². The lowest BCUT2D eigenvalue weighted by Gasteiger charge is -2.09. The molecule has 0 aromatic rings. The number of ether oxygens (including phenoxy) is 4. The van der Waals surface area contributed by atoms with Gasteiger partial charge in [0.1, 0.15) is 19.8 Å². The Bertz CT molecular complexity index is 770. The Hall–Kier alpha value is -2.81. The summed E-state index contributed by atoms with van der Waals surface area (Å²) in [5, 5.41) is 19.0. The van der Waals surface area contributed by atoms with Crippen LogP contribution in [-0.4, -0.2) is 114 Å². The fourth-order valence-corrected chi connectivity index (χ4v) is 3.81. The van der Waals surface area contributed by atoms with E-state index in [-0.39, 0.29) is 69.6 Å². The fourth-order valence-electron chi connectivity index (χ4n) is 3.81. The summed E-state index contributed by atoms with van der Waals surface area (Å²) >= 11 is 0. The molecule has 14 heteroatoms. The number of carboxylic acids is 1. The van der Waals surface area contributed by atoms with Crippen LogP contribution >= 0.6 is 0 Å². The number of nitrogens with one attached hydrogen (secondary N) is 4. The van der Waals surface area contributed by atoms with Crippen molar-refractivity contribution in [3.05, 3.63) is 0 Å². The number of hydrogen-bond acceptors (Lipinski definition) is 9. The summed E-state index contributed by atoms with van der Waals surface area (Å²) in [6.45, 7) is 4.69. The molecule has 4 amide bonds. The standard InChI is InChI=1S/C30H56N4O10/c1-2-3-4-5-6-7-9-12-26(35)32-15-17-41-19-22-44-25-29(38)33-16-18-42-20-21-43-24-28(37)31-14-11-8-10-13-27(36)34-23-30(39)40/h2-25H2,1H3,(H,31,37)(H,32,35)(H,33,38)(H,34,36)(H,39,40). The highest BCUT2D eigenvalue weighted by molar-refractivity contribution is 5.81. The molecule has 0 saturated carbocycles. The summed E-state index contributed by atoms with van der Waals surface area (Å²) in [6, 6.07) is 0. The molecule has 0 aromatic heterocycles. The van der Waals surface area contributed by atoms with E-state index in [0.717, 1.165) is 19.3 Å². The van der Waals surface area contributed by atoms with Crippen molar-refractivity contribution in [1.82, 2.24) is 21.3 Å². The molecular formula is C30H56N4O10. The average Bonchev–Trinajstić information content (AvgIpc) is 2.99. The minimum Gasteiger partial charge on any atom is -0.480 e. The van der Waals surface area contributed by atoms with Gasteiger partial charge in [0, 0.05) is 32.5 Å². The van der Waals surface area contributed by atoms with Crippen LogP contribution in [0.5, 0.6) is 0 Å². The third kappa shape index (κ3) is 32.1. The molecule has 0 aromatic carbocycles. The van der Waals surface area contributed by atoms with Crippen LogP contribution in [0.25, 0.3) is 0 Å². The lowest BCUT2D eigenvalue weighted by Crippen LogP contribution is -2.31. The van der Waals surface area contributed by atoms with Gasteiger partial charge < -0.3 is 45.3 Å². The molecule has 0 aliphatic heterocycles. The van der Waals surface area contributed by atoms with E-state index in [2.05, 4.69) is 28.2 Å². The zero-order chi connectivity index (χ0) is 32.5. The SMILES string of the molecule is CCCCCCCCCC(=O)NCCOCCOCC(=O)NCCOCCOCC(=O)NCCCCCC(=O)NCC(=O)O. The first-order valence-electron chi connectivity index (χ1n) is 15.9. The molecule has 14 nitrogen and oxygen atoms in total. The first-order valence-corrected chi connectivity index (χ1v) is 15.9. The molecule has 0 radical (unpaired) electrons.